The standard InChI is InChI=1S/C17H31NO/c1-3-14(4-2)13-18-12-8-7-10-16(18)15-9-5-6-11-17(15)19/h14-16H,3-13H2,1-2H3. The average Bonchev–Trinajstić information content (AvgIpc) is 2.46. The first-order valence-electron chi connectivity index (χ1n) is 8.53. The molecular formula is C17H31NO. The molecule has 1 aliphatic heterocycles. The summed E-state index contributed by atoms with van der Waals surface area (Å²) >= 11 is 0. The van der Waals surface area contributed by atoms with Crippen LogP contribution in [0.1, 0.15) is 71.6 Å². The largest absolute Gasteiger partial charge is 0.299 e. The number of ketones is 1. The van der Waals surface area contributed by atoms with Gasteiger partial charge in [0, 0.05) is 24.9 Å². The smallest absolute Gasteiger partial charge is 0.137 e. The Morgan fingerprint density at radius 1 is 1.11 bits per heavy atom. The van der Waals surface area contributed by atoms with Gasteiger partial charge in [-0.1, -0.05) is 39.5 Å². The molecule has 2 rings (SSSR count). The van der Waals surface area contributed by atoms with Crippen LogP contribution in [0.5, 0.6) is 0 Å². The maximum absolute atomic E-state index is 12.2. The molecule has 1 heterocycles. The summed E-state index contributed by atoms with van der Waals surface area (Å²) in [7, 11) is 0. The van der Waals surface area contributed by atoms with Crippen molar-refractivity contribution < 1.29 is 4.79 Å². The molecule has 1 saturated carbocycles. The Labute approximate surface area is 118 Å². The van der Waals surface area contributed by atoms with E-state index in [2.05, 4.69) is 18.7 Å². The van der Waals surface area contributed by atoms with Crippen LogP contribution < -0.4 is 0 Å². The lowest BCUT2D eigenvalue weighted by molar-refractivity contribution is -0.127. The molecule has 2 aliphatic rings. The lowest BCUT2D eigenvalue weighted by atomic mass is 9.78. The molecule has 2 atom stereocenters. The summed E-state index contributed by atoms with van der Waals surface area (Å²) in [5.41, 5.74) is 0. The summed E-state index contributed by atoms with van der Waals surface area (Å²) in [6.07, 6.45) is 10.9. The number of likely N-dealkylation sites (tertiary alicyclic amines) is 1. The van der Waals surface area contributed by atoms with Crippen LogP contribution in [0.25, 0.3) is 0 Å². The van der Waals surface area contributed by atoms with E-state index in [9.17, 15) is 4.79 Å². The molecule has 0 spiro atoms. The minimum Gasteiger partial charge on any atom is -0.299 e. The normalized spacial score (nSPS) is 29.9. The van der Waals surface area contributed by atoms with Crippen LogP contribution in [0.15, 0.2) is 0 Å². The predicted molar refractivity (Wildman–Crippen MR) is 80.2 cm³/mol. The van der Waals surface area contributed by atoms with Crippen molar-refractivity contribution in [2.24, 2.45) is 11.8 Å². The van der Waals surface area contributed by atoms with Crippen molar-refractivity contribution in [3.63, 3.8) is 0 Å². The van der Waals surface area contributed by atoms with Crippen LogP contribution in [0.2, 0.25) is 0 Å². The van der Waals surface area contributed by atoms with Gasteiger partial charge in [0.25, 0.3) is 0 Å². The lowest BCUT2D eigenvalue weighted by Gasteiger charge is -2.42. The van der Waals surface area contributed by atoms with Crippen molar-refractivity contribution in [3.8, 4) is 0 Å². The van der Waals surface area contributed by atoms with Crippen molar-refractivity contribution >= 4 is 5.78 Å². The van der Waals surface area contributed by atoms with Gasteiger partial charge in [-0.05, 0) is 38.1 Å². The van der Waals surface area contributed by atoms with Crippen LogP contribution in [0.3, 0.4) is 0 Å². The second-order valence-electron chi connectivity index (χ2n) is 6.56. The Morgan fingerprint density at radius 2 is 1.84 bits per heavy atom. The van der Waals surface area contributed by atoms with Gasteiger partial charge in [-0.15, -0.1) is 0 Å². The summed E-state index contributed by atoms with van der Waals surface area (Å²) in [6.45, 7) is 7.06. The Balaban J connectivity index is 2.00. The van der Waals surface area contributed by atoms with Crippen molar-refractivity contribution in [2.75, 3.05) is 13.1 Å². The molecule has 2 heteroatoms. The Bertz CT molecular complexity index is 285. The van der Waals surface area contributed by atoms with Crippen LogP contribution in [0.4, 0.5) is 0 Å². The molecule has 0 radical (unpaired) electrons. The average molecular weight is 265 g/mol. The molecule has 1 aliphatic carbocycles. The molecule has 110 valence electrons. The van der Waals surface area contributed by atoms with E-state index in [1.54, 1.807) is 0 Å². The number of piperidine rings is 1. The van der Waals surface area contributed by atoms with E-state index in [1.165, 1.54) is 51.6 Å². The van der Waals surface area contributed by atoms with Gasteiger partial charge in [0.15, 0.2) is 0 Å². The lowest BCUT2D eigenvalue weighted by Crippen LogP contribution is -2.49. The van der Waals surface area contributed by atoms with Crippen molar-refractivity contribution in [1.29, 1.82) is 0 Å². The highest BCUT2D eigenvalue weighted by Crippen LogP contribution is 2.32. The van der Waals surface area contributed by atoms with Gasteiger partial charge in [-0.3, -0.25) is 9.69 Å². The number of carbonyl (C=O) groups excluding carboxylic acids is 1. The van der Waals surface area contributed by atoms with E-state index < -0.39 is 0 Å². The fourth-order valence-electron chi connectivity index (χ4n) is 3.99. The third-order valence-electron chi connectivity index (χ3n) is 5.38. The van der Waals surface area contributed by atoms with Crippen LogP contribution >= 0.6 is 0 Å². The van der Waals surface area contributed by atoms with E-state index in [4.69, 9.17) is 0 Å². The van der Waals surface area contributed by atoms with E-state index in [1.807, 2.05) is 0 Å². The molecule has 0 N–H and O–H groups in total. The van der Waals surface area contributed by atoms with Crippen molar-refractivity contribution in [3.05, 3.63) is 0 Å². The monoisotopic (exact) mass is 265 g/mol. The highest BCUT2D eigenvalue weighted by Gasteiger charge is 2.35. The quantitative estimate of drug-likeness (QED) is 0.748. The molecule has 0 aromatic heterocycles. The zero-order chi connectivity index (χ0) is 13.7. The summed E-state index contributed by atoms with van der Waals surface area (Å²) < 4.78 is 0. The third-order valence-corrected chi connectivity index (χ3v) is 5.38. The molecule has 0 aromatic rings. The fourth-order valence-corrected chi connectivity index (χ4v) is 3.99. The second-order valence-corrected chi connectivity index (χ2v) is 6.56. The van der Waals surface area contributed by atoms with Crippen LogP contribution in [-0.2, 0) is 4.79 Å². The van der Waals surface area contributed by atoms with Crippen molar-refractivity contribution in [1.82, 2.24) is 4.90 Å². The Hall–Kier alpha value is -0.370. The molecule has 2 nitrogen and oxygen atoms in total. The van der Waals surface area contributed by atoms with Crippen LogP contribution in [-0.4, -0.2) is 29.8 Å². The Kier molecular flexibility index (Phi) is 5.87. The van der Waals surface area contributed by atoms with Crippen LogP contribution in [0, 0.1) is 11.8 Å². The van der Waals surface area contributed by atoms with Gasteiger partial charge >= 0.3 is 0 Å². The molecule has 0 aromatic carbocycles. The maximum Gasteiger partial charge on any atom is 0.137 e. The molecule has 19 heavy (non-hydrogen) atoms. The minimum absolute atomic E-state index is 0.364. The second kappa shape index (κ2) is 7.42. The van der Waals surface area contributed by atoms with Gasteiger partial charge in [0.05, 0.1) is 0 Å². The molecule has 0 bridgehead atoms. The number of hydrogen-bond acceptors (Lipinski definition) is 2. The van der Waals surface area contributed by atoms with Gasteiger partial charge in [-0.2, -0.15) is 0 Å². The Morgan fingerprint density at radius 3 is 2.53 bits per heavy atom. The SMILES string of the molecule is CCC(CC)CN1CCCCC1C1CCCCC1=O. The molecule has 2 unspecified atom stereocenters. The minimum atomic E-state index is 0.364. The summed E-state index contributed by atoms with van der Waals surface area (Å²) in [5, 5.41) is 0. The topological polar surface area (TPSA) is 20.3 Å². The zero-order valence-electron chi connectivity index (χ0n) is 12.9. The van der Waals surface area contributed by atoms with Gasteiger partial charge < -0.3 is 0 Å². The molecular weight excluding hydrogens is 234 g/mol. The first kappa shape index (κ1) is 15.0. The van der Waals surface area contributed by atoms with E-state index >= 15 is 0 Å². The summed E-state index contributed by atoms with van der Waals surface area (Å²) in [4.78, 5) is 14.9. The number of carbonyl (C=O) groups is 1. The maximum atomic E-state index is 12.2. The van der Waals surface area contributed by atoms with E-state index in [-0.39, 0.29) is 0 Å². The first-order valence-corrected chi connectivity index (χ1v) is 8.53. The summed E-state index contributed by atoms with van der Waals surface area (Å²) in [6, 6.07) is 0.571. The molecule has 2 fully saturated rings. The highest BCUT2D eigenvalue weighted by atomic mass is 16.1. The fraction of sp³-hybridized carbons (Fsp3) is 0.941. The van der Waals surface area contributed by atoms with E-state index in [0.717, 1.165) is 25.2 Å². The molecule has 0 amide bonds. The number of nitrogens with zero attached hydrogens (tertiary/aromatic N) is 1. The number of rotatable bonds is 5. The van der Waals surface area contributed by atoms with Gasteiger partial charge in [0.1, 0.15) is 5.78 Å². The van der Waals surface area contributed by atoms with Gasteiger partial charge in [-0.25, -0.2) is 0 Å². The predicted octanol–water partition coefficient (Wildman–Crippen LogP) is 4.04. The van der Waals surface area contributed by atoms with E-state index in [0.29, 0.717) is 17.7 Å². The number of Topliss-reactive ketones (excluding diaryl/α,β-unsaturated/α-hetero) is 1. The molecule has 1 saturated heterocycles. The zero-order valence-corrected chi connectivity index (χ0v) is 12.9. The highest BCUT2D eigenvalue weighted by molar-refractivity contribution is 5.82. The third kappa shape index (κ3) is 3.81. The first-order chi connectivity index (χ1) is 9.26. The van der Waals surface area contributed by atoms with Gasteiger partial charge in [0.2, 0.25) is 0 Å². The van der Waals surface area contributed by atoms with Crippen molar-refractivity contribution in [2.45, 2.75) is 77.7 Å². The number of hydrogen-bond donors (Lipinski definition) is 0. The summed E-state index contributed by atoms with van der Waals surface area (Å²) in [5.74, 6) is 1.75.